The Kier molecular flexibility index (Phi) is 7.24. The maximum atomic E-state index is 14.3. The lowest BCUT2D eigenvalue weighted by atomic mass is 10.2. The van der Waals surface area contributed by atoms with E-state index in [0.29, 0.717) is 13.2 Å². The number of halogens is 5. The number of amides is 2. The Labute approximate surface area is 162 Å². The zero-order valence-electron chi connectivity index (χ0n) is 14.8. The number of benzene rings is 1. The number of hydrogen-bond acceptors (Lipinski definition) is 4. The number of rotatable bonds is 5. The highest BCUT2D eigenvalue weighted by atomic mass is 35.5. The van der Waals surface area contributed by atoms with E-state index >= 15 is 0 Å². The normalized spacial score (nSPS) is 12.7. The fraction of sp³-hybridized carbons (Fsp3) is 0.353. The number of carbonyl (C=O) groups excluding carboxylic acids is 3. The van der Waals surface area contributed by atoms with Gasteiger partial charge in [-0.25, -0.2) is 9.29 Å². The van der Waals surface area contributed by atoms with Crippen LogP contribution < -0.4 is 4.90 Å². The monoisotopic (exact) mass is 425 g/mol. The molecule has 0 aliphatic heterocycles. The van der Waals surface area contributed by atoms with Crippen molar-refractivity contribution in [3.8, 4) is 0 Å². The van der Waals surface area contributed by atoms with Crippen LogP contribution in [0.1, 0.15) is 27.7 Å². The second kappa shape index (κ2) is 8.43. The van der Waals surface area contributed by atoms with Crippen LogP contribution in [0.5, 0.6) is 0 Å². The van der Waals surface area contributed by atoms with Gasteiger partial charge in [0.05, 0.1) is 15.5 Å². The number of thioether (sulfide) groups is 1. The molecule has 1 rings (SSSR count). The van der Waals surface area contributed by atoms with Gasteiger partial charge in [0.2, 0.25) is 5.91 Å². The average Bonchev–Trinajstić information content (AvgIpc) is 2.50. The summed E-state index contributed by atoms with van der Waals surface area (Å²) >= 11 is 6.89. The van der Waals surface area contributed by atoms with Crippen molar-refractivity contribution in [2.75, 3.05) is 4.90 Å². The van der Waals surface area contributed by atoms with Gasteiger partial charge in [0, 0.05) is 23.5 Å². The van der Waals surface area contributed by atoms with E-state index in [9.17, 15) is 31.9 Å². The molecule has 0 unspecified atom stereocenters. The molecule has 0 aromatic heterocycles. The second-order valence-corrected chi connectivity index (χ2v) is 8.18. The quantitative estimate of drug-likeness (QED) is 0.290. The van der Waals surface area contributed by atoms with Gasteiger partial charge in [-0.1, -0.05) is 11.6 Å². The Bertz CT molecular complexity index is 806. The van der Waals surface area contributed by atoms with E-state index in [0.717, 1.165) is 30.8 Å². The number of anilines is 1. The van der Waals surface area contributed by atoms with Crippen molar-refractivity contribution in [1.82, 2.24) is 0 Å². The third kappa shape index (κ3) is 6.07. The molecule has 2 amide bonds. The highest BCUT2D eigenvalue weighted by Gasteiger charge is 2.32. The number of nitrogens with zero attached hydrogens (tertiary/aromatic N) is 1. The van der Waals surface area contributed by atoms with Crippen molar-refractivity contribution in [3.05, 3.63) is 34.6 Å². The molecular formula is C17H16ClF4NO3S. The first-order valence-corrected chi connectivity index (χ1v) is 8.63. The number of aldehydes is 1. The molecule has 27 heavy (non-hydrogen) atoms. The minimum Gasteiger partial charge on any atom is -0.302 e. The summed E-state index contributed by atoms with van der Waals surface area (Å²) in [5.74, 6) is -3.42. The van der Waals surface area contributed by atoms with Crippen LogP contribution in [0.3, 0.4) is 0 Å². The number of allylic oxidation sites excluding steroid dienone is 1. The van der Waals surface area contributed by atoms with Crippen LogP contribution in [0.2, 0.25) is 5.02 Å². The largest absolute Gasteiger partial charge is 0.412 e. The number of carbonyl (C=O) groups is 3. The van der Waals surface area contributed by atoms with Crippen molar-refractivity contribution in [3.63, 3.8) is 0 Å². The third-order valence-corrected chi connectivity index (χ3v) is 4.83. The fourth-order valence-electron chi connectivity index (χ4n) is 1.85. The van der Waals surface area contributed by atoms with Gasteiger partial charge < -0.3 is 4.79 Å². The average molecular weight is 426 g/mol. The Morgan fingerprint density at radius 3 is 2.19 bits per heavy atom. The number of imide groups is 1. The first kappa shape index (κ1) is 23.2. The standard InChI is InChI=1S/C17H16ClF4NO3S/c1-9(17(20,21)22)5-15(26)23(10(2)25)13-7-14(11(18)6-12(13)19)27-16(3,4)8-24/h5-8H,1-4H3/b9-5+. The smallest absolute Gasteiger partial charge is 0.302 e. The summed E-state index contributed by atoms with van der Waals surface area (Å²) in [5, 5.41) is -0.0749. The summed E-state index contributed by atoms with van der Waals surface area (Å²) in [6, 6.07) is 1.87. The van der Waals surface area contributed by atoms with Gasteiger partial charge in [-0.15, -0.1) is 11.8 Å². The summed E-state index contributed by atoms with van der Waals surface area (Å²) in [4.78, 5) is 35.6. The van der Waals surface area contributed by atoms with Crippen LogP contribution in [0.4, 0.5) is 23.2 Å². The molecular weight excluding hydrogens is 410 g/mol. The summed E-state index contributed by atoms with van der Waals surface area (Å²) in [6.45, 7) is 4.69. The van der Waals surface area contributed by atoms with E-state index in [1.165, 1.54) is 0 Å². The maximum absolute atomic E-state index is 14.3. The van der Waals surface area contributed by atoms with Crippen molar-refractivity contribution in [2.24, 2.45) is 0 Å². The predicted octanol–water partition coefficient (Wildman–Crippen LogP) is 4.94. The van der Waals surface area contributed by atoms with Crippen LogP contribution in [-0.2, 0) is 14.4 Å². The van der Waals surface area contributed by atoms with Gasteiger partial charge in [0.15, 0.2) is 0 Å². The maximum Gasteiger partial charge on any atom is 0.412 e. The van der Waals surface area contributed by atoms with Gasteiger partial charge in [0.25, 0.3) is 5.91 Å². The van der Waals surface area contributed by atoms with Crippen LogP contribution in [0.25, 0.3) is 0 Å². The summed E-state index contributed by atoms with van der Waals surface area (Å²) in [7, 11) is 0. The zero-order chi connectivity index (χ0) is 21.2. The number of hydrogen-bond donors (Lipinski definition) is 0. The Morgan fingerprint density at radius 2 is 1.74 bits per heavy atom. The van der Waals surface area contributed by atoms with Crippen molar-refractivity contribution >= 4 is 47.2 Å². The van der Waals surface area contributed by atoms with E-state index in [1.807, 2.05) is 0 Å². The van der Waals surface area contributed by atoms with Gasteiger partial charge in [0.1, 0.15) is 12.1 Å². The molecule has 148 valence electrons. The molecule has 4 nitrogen and oxygen atoms in total. The topological polar surface area (TPSA) is 54.5 Å². The summed E-state index contributed by atoms with van der Waals surface area (Å²) < 4.78 is 51.3. The molecule has 10 heteroatoms. The Morgan fingerprint density at radius 1 is 1.19 bits per heavy atom. The number of alkyl halides is 3. The molecule has 0 aliphatic rings. The van der Waals surface area contributed by atoms with Gasteiger partial charge in [-0.05, 0) is 32.9 Å². The van der Waals surface area contributed by atoms with Gasteiger partial charge in [-0.3, -0.25) is 9.59 Å². The van der Waals surface area contributed by atoms with Crippen LogP contribution in [0.15, 0.2) is 28.7 Å². The fourth-order valence-corrected chi connectivity index (χ4v) is 3.06. The first-order chi connectivity index (χ1) is 12.2. The molecule has 0 saturated heterocycles. The molecule has 0 spiro atoms. The van der Waals surface area contributed by atoms with Crippen LogP contribution in [0, 0.1) is 5.82 Å². The third-order valence-electron chi connectivity index (χ3n) is 3.22. The Balaban J connectivity index is 3.47. The zero-order valence-corrected chi connectivity index (χ0v) is 16.4. The van der Waals surface area contributed by atoms with Gasteiger partial charge in [-0.2, -0.15) is 13.2 Å². The van der Waals surface area contributed by atoms with Crippen molar-refractivity contribution in [2.45, 2.75) is 43.5 Å². The molecule has 1 aromatic rings. The lowest BCUT2D eigenvalue weighted by molar-refractivity contribution is -0.123. The minimum absolute atomic E-state index is 0.0749. The van der Waals surface area contributed by atoms with Gasteiger partial charge >= 0.3 is 6.18 Å². The Hall–Kier alpha value is -1.87. The molecule has 1 aromatic carbocycles. The van der Waals surface area contributed by atoms with E-state index < -0.39 is 39.8 Å². The molecule has 0 fully saturated rings. The highest BCUT2D eigenvalue weighted by molar-refractivity contribution is 8.01. The SMILES string of the molecule is CC(=O)N(C(=O)/C=C(\C)C(F)(F)F)c1cc(SC(C)(C)C=O)c(Cl)cc1F. The predicted molar refractivity (Wildman–Crippen MR) is 95.4 cm³/mol. The van der Waals surface area contributed by atoms with E-state index in [1.54, 1.807) is 13.8 Å². The minimum atomic E-state index is -4.77. The lowest BCUT2D eigenvalue weighted by Gasteiger charge is -2.22. The molecule has 0 atom stereocenters. The van der Waals surface area contributed by atoms with E-state index in [2.05, 4.69) is 0 Å². The second-order valence-electron chi connectivity index (χ2n) is 6.08. The molecule has 0 radical (unpaired) electrons. The molecule has 0 bridgehead atoms. The molecule has 0 aliphatic carbocycles. The summed E-state index contributed by atoms with van der Waals surface area (Å²) in [6.07, 6.45) is -3.94. The van der Waals surface area contributed by atoms with E-state index in [-0.39, 0.29) is 20.9 Å². The highest BCUT2D eigenvalue weighted by Crippen LogP contribution is 2.39. The van der Waals surface area contributed by atoms with Crippen LogP contribution in [-0.4, -0.2) is 29.0 Å². The molecule has 0 heterocycles. The summed E-state index contributed by atoms with van der Waals surface area (Å²) in [5.41, 5.74) is -1.81. The first-order valence-electron chi connectivity index (χ1n) is 7.44. The van der Waals surface area contributed by atoms with E-state index in [4.69, 9.17) is 11.6 Å². The van der Waals surface area contributed by atoms with Crippen LogP contribution >= 0.6 is 23.4 Å². The molecule has 0 saturated carbocycles. The lowest BCUT2D eigenvalue weighted by Crippen LogP contribution is -2.35. The van der Waals surface area contributed by atoms with Crippen molar-refractivity contribution in [1.29, 1.82) is 0 Å². The molecule has 0 N–H and O–H groups in total. The van der Waals surface area contributed by atoms with Crippen molar-refractivity contribution < 1.29 is 31.9 Å².